The SMILES string of the molecule is Cc1nc(C)c(C(=O)COc2ccnc(C(F)(F)F)n2)c(C2CCN(C(=O)O)CC2)n1. The molecule has 9 nitrogen and oxygen atoms in total. The fourth-order valence-electron chi connectivity index (χ4n) is 3.49. The molecule has 3 rings (SSSR count). The monoisotopic (exact) mass is 439 g/mol. The first-order valence-corrected chi connectivity index (χ1v) is 9.45. The maximum absolute atomic E-state index is 12.9. The number of ketones is 1. The van der Waals surface area contributed by atoms with Gasteiger partial charge in [-0.2, -0.15) is 18.2 Å². The molecule has 31 heavy (non-hydrogen) atoms. The number of carbonyl (C=O) groups is 2. The number of rotatable bonds is 5. The van der Waals surface area contributed by atoms with Gasteiger partial charge in [0.1, 0.15) is 5.82 Å². The highest BCUT2D eigenvalue weighted by Gasteiger charge is 2.35. The van der Waals surface area contributed by atoms with Crippen LogP contribution in [0.3, 0.4) is 0 Å². The lowest BCUT2D eigenvalue weighted by atomic mass is 9.89. The number of ether oxygens (including phenoxy) is 1. The van der Waals surface area contributed by atoms with E-state index < -0.39 is 30.5 Å². The number of halogens is 3. The molecule has 1 saturated heterocycles. The third-order valence-corrected chi connectivity index (χ3v) is 4.90. The number of likely N-dealkylation sites (tertiary alicyclic amines) is 1. The summed E-state index contributed by atoms with van der Waals surface area (Å²) in [6.07, 6.45) is -3.85. The minimum absolute atomic E-state index is 0.147. The summed E-state index contributed by atoms with van der Waals surface area (Å²) in [7, 11) is 0. The minimum Gasteiger partial charge on any atom is -0.469 e. The van der Waals surface area contributed by atoms with Gasteiger partial charge in [0.2, 0.25) is 17.5 Å². The van der Waals surface area contributed by atoms with E-state index in [1.807, 2.05) is 0 Å². The molecule has 0 atom stereocenters. The average molecular weight is 439 g/mol. The Hall–Kier alpha value is -3.31. The second-order valence-corrected chi connectivity index (χ2v) is 7.09. The van der Waals surface area contributed by atoms with Crippen LogP contribution in [0.15, 0.2) is 12.3 Å². The highest BCUT2D eigenvalue weighted by Crippen LogP contribution is 2.31. The summed E-state index contributed by atoms with van der Waals surface area (Å²) in [5.74, 6) is -1.92. The van der Waals surface area contributed by atoms with Gasteiger partial charge in [0.25, 0.3) is 0 Å². The van der Waals surface area contributed by atoms with E-state index in [9.17, 15) is 22.8 Å². The number of alkyl halides is 3. The van der Waals surface area contributed by atoms with Crippen molar-refractivity contribution in [3.8, 4) is 5.88 Å². The zero-order valence-corrected chi connectivity index (χ0v) is 16.8. The summed E-state index contributed by atoms with van der Waals surface area (Å²) >= 11 is 0. The number of piperidine rings is 1. The molecule has 0 aromatic carbocycles. The molecule has 0 bridgehead atoms. The van der Waals surface area contributed by atoms with Crippen LogP contribution in [0.4, 0.5) is 18.0 Å². The third-order valence-electron chi connectivity index (χ3n) is 4.90. The van der Waals surface area contributed by atoms with Crippen LogP contribution < -0.4 is 4.74 Å². The number of hydrogen-bond acceptors (Lipinski definition) is 7. The normalized spacial score (nSPS) is 15.1. The molecular formula is C19H20F3N5O4. The van der Waals surface area contributed by atoms with Crippen molar-refractivity contribution in [1.29, 1.82) is 0 Å². The van der Waals surface area contributed by atoms with Crippen molar-refractivity contribution in [1.82, 2.24) is 24.8 Å². The van der Waals surface area contributed by atoms with Crippen LogP contribution in [0.1, 0.15) is 52.2 Å². The predicted octanol–water partition coefficient (Wildman–Crippen LogP) is 3.02. The summed E-state index contributed by atoms with van der Waals surface area (Å²) in [4.78, 5) is 40.4. The first kappa shape index (κ1) is 22.4. The van der Waals surface area contributed by atoms with Gasteiger partial charge in [0, 0.05) is 31.3 Å². The summed E-state index contributed by atoms with van der Waals surface area (Å²) in [5, 5.41) is 9.12. The van der Waals surface area contributed by atoms with Crippen molar-refractivity contribution in [2.45, 2.75) is 38.8 Å². The van der Waals surface area contributed by atoms with Crippen LogP contribution in [-0.4, -0.2) is 61.5 Å². The van der Waals surface area contributed by atoms with Gasteiger partial charge in [-0.1, -0.05) is 0 Å². The van der Waals surface area contributed by atoms with Crippen LogP contribution in [0, 0.1) is 13.8 Å². The highest BCUT2D eigenvalue weighted by atomic mass is 19.4. The number of Topliss-reactive ketones (excluding diaryl/α,β-unsaturated/α-hetero) is 1. The number of amides is 1. The van der Waals surface area contributed by atoms with Crippen molar-refractivity contribution in [2.75, 3.05) is 19.7 Å². The predicted molar refractivity (Wildman–Crippen MR) is 99.9 cm³/mol. The van der Waals surface area contributed by atoms with Crippen molar-refractivity contribution >= 4 is 11.9 Å². The molecule has 1 aliphatic rings. The molecule has 1 fully saturated rings. The van der Waals surface area contributed by atoms with Gasteiger partial charge >= 0.3 is 12.3 Å². The minimum atomic E-state index is -4.73. The molecule has 2 aromatic heterocycles. The van der Waals surface area contributed by atoms with E-state index in [4.69, 9.17) is 9.84 Å². The van der Waals surface area contributed by atoms with E-state index in [-0.39, 0.29) is 17.4 Å². The van der Waals surface area contributed by atoms with Crippen LogP contribution in [0.25, 0.3) is 0 Å². The number of hydrogen-bond donors (Lipinski definition) is 1. The van der Waals surface area contributed by atoms with Crippen molar-refractivity contribution in [2.24, 2.45) is 0 Å². The van der Waals surface area contributed by atoms with Gasteiger partial charge in [-0.25, -0.2) is 19.7 Å². The Morgan fingerprint density at radius 2 is 1.87 bits per heavy atom. The second-order valence-electron chi connectivity index (χ2n) is 7.09. The van der Waals surface area contributed by atoms with Crippen LogP contribution in [0.2, 0.25) is 0 Å². The molecule has 3 heterocycles. The molecule has 2 aromatic rings. The smallest absolute Gasteiger partial charge is 0.451 e. The zero-order valence-electron chi connectivity index (χ0n) is 16.8. The summed E-state index contributed by atoms with van der Waals surface area (Å²) < 4.78 is 43.5. The molecule has 0 aliphatic carbocycles. The lowest BCUT2D eigenvalue weighted by Gasteiger charge is -2.30. The van der Waals surface area contributed by atoms with Gasteiger partial charge < -0.3 is 14.7 Å². The number of nitrogens with zero attached hydrogens (tertiary/aromatic N) is 5. The number of carboxylic acid groups (broad SMARTS) is 1. The van der Waals surface area contributed by atoms with E-state index in [0.29, 0.717) is 43.1 Å². The van der Waals surface area contributed by atoms with Gasteiger partial charge in [0.05, 0.1) is 17.0 Å². The van der Waals surface area contributed by atoms with Crippen LogP contribution in [-0.2, 0) is 6.18 Å². The van der Waals surface area contributed by atoms with Crippen molar-refractivity contribution < 1.29 is 32.6 Å². The topological polar surface area (TPSA) is 118 Å². The lowest BCUT2D eigenvalue weighted by molar-refractivity contribution is -0.145. The number of carbonyl (C=O) groups excluding carboxylic acids is 1. The Morgan fingerprint density at radius 3 is 2.48 bits per heavy atom. The first-order chi connectivity index (χ1) is 14.6. The number of aromatic nitrogens is 4. The van der Waals surface area contributed by atoms with E-state index in [1.165, 1.54) is 4.90 Å². The molecule has 0 spiro atoms. The Balaban J connectivity index is 1.79. The maximum Gasteiger partial charge on any atom is 0.451 e. The molecule has 0 saturated carbocycles. The van der Waals surface area contributed by atoms with E-state index in [2.05, 4.69) is 19.9 Å². The summed E-state index contributed by atoms with van der Waals surface area (Å²) in [6, 6.07) is 1.13. The summed E-state index contributed by atoms with van der Waals surface area (Å²) in [5.41, 5.74) is 1.17. The Labute approximate surface area is 175 Å². The van der Waals surface area contributed by atoms with Gasteiger partial charge in [0.15, 0.2) is 6.61 Å². The molecule has 1 aliphatic heterocycles. The van der Waals surface area contributed by atoms with E-state index in [0.717, 1.165) is 12.3 Å². The third kappa shape index (κ3) is 5.25. The second kappa shape index (κ2) is 8.82. The molecule has 1 N–H and O–H groups in total. The molecular weight excluding hydrogens is 419 g/mol. The summed E-state index contributed by atoms with van der Waals surface area (Å²) in [6.45, 7) is 3.40. The molecule has 1 amide bonds. The highest BCUT2D eigenvalue weighted by molar-refractivity contribution is 5.99. The number of aryl methyl sites for hydroxylation is 2. The largest absolute Gasteiger partial charge is 0.469 e. The van der Waals surface area contributed by atoms with Crippen LogP contribution >= 0.6 is 0 Å². The van der Waals surface area contributed by atoms with E-state index in [1.54, 1.807) is 13.8 Å². The van der Waals surface area contributed by atoms with Crippen molar-refractivity contribution in [3.05, 3.63) is 40.9 Å². The quantitative estimate of drug-likeness (QED) is 0.707. The van der Waals surface area contributed by atoms with Crippen molar-refractivity contribution in [3.63, 3.8) is 0 Å². The van der Waals surface area contributed by atoms with Gasteiger partial charge in [-0.05, 0) is 26.7 Å². The fourth-order valence-corrected chi connectivity index (χ4v) is 3.49. The first-order valence-electron chi connectivity index (χ1n) is 9.45. The standard InChI is InChI=1S/C19H20F3N5O4/c1-10-15(13(28)9-31-14-3-6-23-17(26-14)19(20,21)22)16(25-11(2)24-10)12-4-7-27(8-5-12)18(29)30/h3,6,12H,4-5,7-9H2,1-2H3,(H,29,30). The molecule has 166 valence electrons. The van der Waals surface area contributed by atoms with E-state index >= 15 is 0 Å². The molecule has 0 unspecified atom stereocenters. The average Bonchev–Trinajstić information content (AvgIpc) is 2.71. The van der Waals surface area contributed by atoms with Crippen LogP contribution in [0.5, 0.6) is 5.88 Å². The van der Waals surface area contributed by atoms with Gasteiger partial charge in [-0.15, -0.1) is 0 Å². The Bertz CT molecular complexity index is 991. The maximum atomic E-state index is 12.9. The van der Waals surface area contributed by atoms with Gasteiger partial charge in [-0.3, -0.25) is 4.79 Å². The zero-order chi connectivity index (χ0) is 22.8. The molecule has 12 heteroatoms. The Morgan fingerprint density at radius 1 is 1.19 bits per heavy atom. The fraction of sp³-hybridized carbons (Fsp3) is 0.474. The Kier molecular flexibility index (Phi) is 6.37. The lowest BCUT2D eigenvalue weighted by Crippen LogP contribution is -2.37. The molecule has 0 radical (unpaired) electrons.